The SMILES string of the molecule is C[C@H]1Cc2ccccc2N1C(=O)COC(=O)c1cc(S(N)(=O)=O)ccc1F. The Bertz CT molecular complexity index is 1020. The van der Waals surface area contributed by atoms with Gasteiger partial charge in [-0.1, -0.05) is 18.2 Å². The molecule has 142 valence electrons. The number of para-hydroxylation sites is 1. The molecule has 1 heterocycles. The van der Waals surface area contributed by atoms with Gasteiger partial charge in [0.1, 0.15) is 5.82 Å². The highest BCUT2D eigenvalue weighted by Gasteiger charge is 2.31. The second-order valence-corrected chi connectivity index (χ2v) is 7.77. The van der Waals surface area contributed by atoms with Crippen molar-refractivity contribution in [1.29, 1.82) is 0 Å². The molecule has 3 rings (SSSR count). The number of carbonyl (C=O) groups is 2. The van der Waals surface area contributed by atoms with Crippen LogP contribution in [0.5, 0.6) is 0 Å². The van der Waals surface area contributed by atoms with Gasteiger partial charge in [0.25, 0.3) is 5.91 Å². The summed E-state index contributed by atoms with van der Waals surface area (Å²) < 4.78 is 41.5. The number of sulfonamides is 1. The zero-order chi connectivity index (χ0) is 19.8. The number of benzene rings is 2. The van der Waals surface area contributed by atoms with E-state index in [-0.39, 0.29) is 6.04 Å². The lowest BCUT2D eigenvalue weighted by atomic mass is 10.1. The van der Waals surface area contributed by atoms with Crippen molar-refractivity contribution in [3.63, 3.8) is 0 Å². The first kappa shape index (κ1) is 19.0. The molecule has 2 aromatic rings. The lowest BCUT2D eigenvalue weighted by molar-refractivity contribution is -0.122. The Kier molecular flexibility index (Phi) is 4.99. The number of nitrogens with zero attached hydrogens (tertiary/aromatic N) is 1. The number of primary sulfonamides is 1. The van der Waals surface area contributed by atoms with Crippen molar-refractivity contribution in [3.05, 3.63) is 59.4 Å². The third kappa shape index (κ3) is 3.83. The van der Waals surface area contributed by atoms with Gasteiger partial charge in [-0.2, -0.15) is 0 Å². The van der Waals surface area contributed by atoms with Gasteiger partial charge in [0, 0.05) is 11.7 Å². The summed E-state index contributed by atoms with van der Waals surface area (Å²) in [5, 5.41) is 4.98. The lowest BCUT2D eigenvalue weighted by Crippen LogP contribution is -2.38. The molecule has 0 fully saturated rings. The molecule has 2 aromatic carbocycles. The number of halogens is 1. The Morgan fingerprint density at radius 1 is 1.26 bits per heavy atom. The summed E-state index contributed by atoms with van der Waals surface area (Å²) in [6, 6.07) is 9.82. The van der Waals surface area contributed by atoms with E-state index < -0.39 is 44.8 Å². The zero-order valence-electron chi connectivity index (χ0n) is 14.4. The molecule has 1 atom stereocenters. The van der Waals surface area contributed by atoms with Crippen LogP contribution in [0.4, 0.5) is 10.1 Å². The maximum atomic E-state index is 13.9. The van der Waals surface area contributed by atoms with Gasteiger partial charge < -0.3 is 9.64 Å². The minimum atomic E-state index is -4.11. The van der Waals surface area contributed by atoms with E-state index in [4.69, 9.17) is 9.88 Å². The molecule has 1 amide bonds. The van der Waals surface area contributed by atoms with Gasteiger partial charge in [-0.05, 0) is 43.2 Å². The minimum absolute atomic E-state index is 0.101. The van der Waals surface area contributed by atoms with Crippen molar-refractivity contribution in [3.8, 4) is 0 Å². The van der Waals surface area contributed by atoms with Gasteiger partial charge in [-0.3, -0.25) is 4.79 Å². The van der Waals surface area contributed by atoms with E-state index in [1.807, 2.05) is 19.1 Å². The van der Waals surface area contributed by atoms with Crippen LogP contribution in [0.1, 0.15) is 22.8 Å². The van der Waals surface area contributed by atoms with Crippen LogP contribution in [-0.2, 0) is 26.0 Å². The van der Waals surface area contributed by atoms with Gasteiger partial charge in [-0.25, -0.2) is 22.7 Å². The predicted octanol–water partition coefficient (Wildman–Crippen LogP) is 1.61. The zero-order valence-corrected chi connectivity index (χ0v) is 15.2. The maximum Gasteiger partial charge on any atom is 0.341 e. The first-order chi connectivity index (χ1) is 12.7. The summed E-state index contributed by atoms with van der Waals surface area (Å²) in [6.07, 6.45) is 0.681. The molecule has 0 aliphatic carbocycles. The number of nitrogens with two attached hydrogens (primary N) is 1. The number of esters is 1. The summed E-state index contributed by atoms with van der Waals surface area (Å²) in [6.45, 7) is 1.27. The Hall–Kier alpha value is -2.78. The molecule has 27 heavy (non-hydrogen) atoms. The van der Waals surface area contributed by atoms with Crippen LogP contribution < -0.4 is 10.0 Å². The van der Waals surface area contributed by atoms with Crippen LogP contribution in [0.2, 0.25) is 0 Å². The topological polar surface area (TPSA) is 107 Å². The normalized spacial score (nSPS) is 16.1. The number of fused-ring (bicyclic) bond motifs is 1. The first-order valence-corrected chi connectivity index (χ1v) is 9.62. The lowest BCUT2D eigenvalue weighted by Gasteiger charge is -2.22. The molecule has 0 radical (unpaired) electrons. The standard InChI is InChI=1S/C18H17FN2O5S/c1-11-8-12-4-2-3-5-16(12)21(11)17(22)10-26-18(23)14-9-13(27(20,24)25)6-7-15(14)19/h2-7,9,11H,8,10H2,1H3,(H2,20,24,25)/t11-/m0/s1. The fourth-order valence-corrected chi connectivity index (χ4v) is 3.60. The van der Waals surface area contributed by atoms with Crippen LogP contribution in [0, 0.1) is 5.82 Å². The third-order valence-corrected chi connectivity index (χ3v) is 5.20. The molecule has 9 heteroatoms. The Morgan fingerprint density at radius 3 is 2.67 bits per heavy atom. The number of rotatable bonds is 4. The summed E-state index contributed by atoms with van der Waals surface area (Å²) in [4.78, 5) is 25.7. The minimum Gasteiger partial charge on any atom is -0.452 e. The van der Waals surface area contributed by atoms with Crippen LogP contribution in [-0.4, -0.2) is 32.9 Å². The van der Waals surface area contributed by atoms with Crippen molar-refractivity contribution in [2.24, 2.45) is 5.14 Å². The second kappa shape index (κ2) is 7.09. The molecule has 1 aliphatic heterocycles. The molecular weight excluding hydrogens is 375 g/mol. The van der Waals surface area contributed by atoms with E-state index in [1.165, 1.54) is 4.90 Å². The maximum absolute atomic E-state index is 13.9. The first-order valence-electron chi connectivity index (χ1n) is 8.08. The fourth-order valence-electron chi connectivity index (χ4n) is 3.06. The van der Waals surface area contributed by atoms with Crippen molar-refractivity contribution in [2.75, 3.05) is 11.5 Å². The van der Waals surface area contributed by atoms with Gasteiger partial charge in [-0.15, -0.1) is 0 Å². The van der Waals surface area contributed by atoms with Crippen molar-refractivity contribution in [2.45, 2.75) is 24.3 Å². The summed E-state index contributed by atoms with van der Waals surface area (Å²) >= 11 is 0. The Morgan fingerprint density at radius 2 is 1.96 bits per heavy atom. The summed E-state index contributed by atoms with van der Waals surface area (Å²) in [5.74, 6) is -2.57. The number of anilines is 1. The van der Waals surface area contributed by atoms with E-state index in [0.29, 0.717) is 6.42 Å². The Labute approximate surface area is 155 Å². The van der Waals surface area contributed by atoms with Crippen LogP contribution in [0.3, 0.4) is 0 Å². The van der Waals surface area contributed by atoms with Crippen LogP contribution in [0.25, 0.3) is 0 Å². The molecule has 1 aliphatic rings. The average molecular weight is 392 g/mol. The summed E-state index contributed by atoms with van der Waals surface area (Å²) in [7, 11) is -4.11. The molecule has 0 unspecified atom stereocenters. The second-order valence-electron chi connectivity index (χ2n) is 6.21. The number of ether oxygens (including phenoxy) is 1. The fraction of sp³-hybridized carbons (Fsp3) is 0.222. The largest absolute Gasteiger partial charge is 0.452 e. The number of carbonyl (C=O) groups excluding carboxylic acids is 2. The quantitative estimate of drug-likeness (QED) is 0.796. The van der Waals surface area contributed by atoms with E-state index in [9.17, 15) is 22.4 Å². The van der Waals surface area contributed by atoms with Gasteiger partial charge in [0.2, 0.25) is 10.0 Å². The van der Waals surface area contributed by atoms with E-state index >= 15 is 0 Å². The number of hydrogen-bond acceptors (Lipinski definition) is 5. The van der Waals surface area contributed by atoms with Gasteiger partial charge in [0.15, 0.2) is 6.61 Å². The smallest absolute Gasteiger partial charge is 0.341 e. The van der Waals surface area contributed by atoms with Crippen molar-refractivity contribution >= 4 is 27.6 Å². The summed E-state index contributed by atoms with van der Waals surface area (Å²) in [5.41, 5.74) is 1.15. The number of hydrogen-bond donors (Lipinski definition) is 1. The molecule has 0 aromatic heterocycles. The number of amides is 1. The van der Waals surface area contributed by atoms with Crippen molar-refractivity contribution in [1.82, 2.24) is 0 Å². The molecule has 0 spiro atoms. The Balaban J connectivity index is 1.74. The predicted molar refractivity (Wildman–Crippen MR) is 95.1 cm³/mol. The van der Waals surface area contributed by atoms with Crippen LogP contribution in [0.15, 0.2) is 47.4 Å². The highest BCUT2D eigenvalue weighted by atomic mass is 32.2. The van der Waals surface area contributed by atoms with E-state index in [1.54, 1.807) is 12.1 Å². The molecule has 0 bridgehead atoms. The highest BCUT2D eigenvalue weighted by Crippen LogP contribution is 2.31. The van der Waals surface area contributed by atoms with Crippen molar-refractivity contribution < 1.29 is 27.1 Å². The average Bonchev–Trinajstić information content (AvgIpc) is 2.94. The van der Waals surface area contributed by atoms with Gasteiger partial charge >= 0.3 is 5.97 Å². The van der Waals surface area contributed by atoms with E-state index in [0.717, 1.165) is 29.4 Å². The molecule has 0 saturated carbocycles. The van der Waals surface area contributed by atoms with Gasteiger partial charge in [0.05, 0.1) is 10.5 Å². The molecular formula is C18H17FN2O5S. The monoisotopic (exact) mass is 392 g/mol. The third-order valence-electron chi connectivity index (χ3n) is 4.29. The van der Waals surface area contributed by atoms with E-state index in [2.05, 4.69) is 0 Å². The molecule has 7 nitrogen and oxygen atoms in total. The highest BCUT2D eigenvalue weighted by molar-refractivity contribution is 7.89. The molecule has 2 N–H and O–H groups in total. The van der Waals surface area contributed by atoms with Crippen LogP contribution >= 0.6 is 0 Å². The molecule has 0 saturated heterocycles.